The molecule has 116 valence electrons. The van der Waals surface area contributed by atoms with E-state index in [-0.39, 0.29) is 11.8 Å². The Hall–Kier alpha value is -2.14. The lowest BCUT2D eigenvalue weighted by atomic mass is 9.99. The SMILES string of the molecule is Cc1cc(C)cc(C(NC(=O)C(C)c2ccsc2)C(=O)O)c1. The summed E-state index contributed by atoms with van der Waals surface area (Å²) in [5, 5.41) is 15.9. The zero-order chi connectivity index (χ0) is 16.3. The second-order valence-corrected chi connectivity index (χ2v) is 6.26. The van der Waals surface area contributed by atoms with E-state index in [4.69, 9.17) is 0 Å². The molecule has 0 saturated heterocycles. The van der Waals surface area contributed by atoms with Crippen LogP contribution in [0.25, 0.3) is 0 Å². The minimum Gasteiger partial charge on any atom is -0.479 e. The summed E-state index contributed by atoms with van der Waals surface area (Å²) in [6.45, 7) is 5.59. The Kier molecular flexibility index (Phi) is 4.98. The number of amides is 1. The molecule has 5 heteroatoms. The van der Waals surface area contributed by atoms with Crippen LogP contribution in [-0.2, 0) is 9.59 Å². The molecule has 2 rings (SSSR count). The number of carbonyl (C=O) groups excluding carboxylic acids is 1. The van der Waals surface area contributed by atoms with Crippen LogP contribution in [0.3, 0.4) is 0 Å². The number of benzene rings is 1. The molecule has 0 aliphatic rings. The van der Waals surface area contributed by atoms with Crippen molar-refractivity contribution in [1.82, 2.24) is 5.32 Å². The van der Waals surface area contributed by atoms with Gasteiger partial charge in [-0.1, -0.05) is 29.3 Å². The summed E-state index contributed by atoms with van der Waals surface area (Å²) in [5.41, 5.74) is 3.44. The predicted octanol–water partition coefficient (Wildman–Crippen LogP) is 3.41. The van der Waals surface area contributed by atoms with Crippen LogP contribution in [-0.4, -0.2) is 17.0 Å². The lowest BCUT2D eigenvalue weighted by Gasteiger charge is -2.18. The second-order valence-electron chi connectivity index (χ2n) is 5.48. The van der Waals surface area contributed by atoms with Crippen LogP contribution in [0.4, 0.5) is 0 Å². The van der Waals surface area contributed by atoms with Gasteiger partial charge in [-0.05, 0) is 48.7 Å². The molecule has 0 spiro atoms. The lowest BCUT2D eigenvalue weighted by Crippen LogP contribution is -2.36. The van der Waals surface area contributed by atoms with E-state index in [1.165, 1.54) is 11.3 Å². The maximum atomic E-state index is 12.3. The number of thiophene rings is 1. The van der Waals surface area contributed by atoms with Gasteiger partial charge in [0.05, 0.1) is 5.92 Å². The molecule has 0 radical (unpaired) electrons. The summed E-state index contributed by atoms with van der Waals surface area (Å²) in [4.78, 5) is 23.9. The first kappa shape index (κ1) is 16.2. The van der Waals surface area contributed by atoms with E-state index >= 15 is 0 Å². The van der Waals surface area contributed by atoms with Crippen molar-refractivity contribution in [2.75, 3.05) is 0 Å². The number of carboxylic acid groups (broad SMARTS) is 1. The third-order valence-electron chi connectivity index (χ3n) is 3.55. The standard InChI is InChI=1S/C17H19NO3S/c1-10-6-11(2)8-14(7-10)15(17(20)21)18-16(19)12(3)13-4-5-22-9-13/h4-9,12,15H,1-3H3,(H,18,19)(H,20,21). The monoisotopic (exact) mass is 317 g/mol. The maximum Gasteiger partial charge on any atom is 0.330 e. The number of nitrogens with one attached hydrogen (secondary N) is 1. The van der Waals surface area contributed by atoms with Crippen LogP contribution >= 0.6 is 11.3 Å². The molecule has 0 aliphatic heterocycles. The number of hydrogen-bond acceptors (Lipinski definition) is 3. The summed E-state index contributed by atoms with van der Waals surface area (Å²) in [6, 6.07) is 6.40. The lowest BCUT2D eigenvalue weighted by molar-refractivity contribution is -0.142. The Morgan fingerprint density at radius 3 is 2.27 bits per heavy atom. The Labute approximate surface area is 133 Å². The normalized spacial score (nSPS) is 13.4. The first-order valence-corrected chi connectivity index (χ1v) is 7.96. The Morgan fingerprint density at radius 2 is 1.77 bits per heavy atom. The summed E-state index contributed by atoms with van der Waals surface area (Å²) in [7, 11) is 0. The molecule has 1 heterocycles. The largest absolute Gasteiger partial charge is 0.479 e. The molecule has 1 amide bonds. The van der Waals surface area contributed by atoms with Crippen LogP contribution in [0.2, 0.25) is 0 Å². The van der Waals surface area contributed by atoms with Gasteiger partial charge in [0.1, 0.15) is 0 Å². The molecule has 22 heavy (non-hydrogen) atoms. The van der Waals surface area contributed by atoms with Crippen LogP contribution in [0.5, 0.6) is 0 Å². The first-order valence-electron chi connectivity index (χ1n) is 7.02. The van der Waals surface area contributed by atoms with Gasteiger partial charge < -0.3 is 10.4 Å². The zero-order valence-corrected chi connectivity index (χ0v) is 13.6. The summed E-state index contributed by atoms with van der Waals surface area (Å²) >= 11 is 1.51. The summed E-state index contributed by atoms with van der Waals surface area (Å²) < 4.78 is 0. The van der Waals surface area contributed by atoms with E-state index in [0.29, 0.717) is 5.56 Å². The zero-order valence-electron chi connectivity index (χ0n) is 12.8. The summed E-state index contributed by atoms with van der Waals surface area (Å²) in [5.74, 6) is -1.72. The highest BCUT2D eigenvalue weighted by Crippen LogP contribution is 2.22. The Balaban J connectivity index is 2.22. The van der Waals surface area contributed by atoms with Crippen molar-refractivity contribution in [2.24, 2.45) is 0 Å². The van der Waals surface area contributed by atoms with Gasteiger partial charge in [0.15, 0.2) is 6.04 Å². The molecule has 4 nitrogen and oxygen atoms in total. The second kappa shape index (κ2) is 6.75. The van der Waals surface area contributed by atoms with Crippen LogP contribution in [0, 0.1) is 13.8 Å². The van der Waals surface area contributed by atoms with Crippen molar-refractivity contribution in [1.29, 1.82) is 0 Å². The van der Waals surface area contributed by atoms with Crippen LogP contribution in [0.15, 0.2) is 35.0 Å². The van der Waals surface area contributed by atoms with Gasteiger partial charge in [0, 0.05) is 0 Å². The van der Waals surface area contributed by atoms with Crippen LogP contribution < -0.4 is 5.32 Å². The van der Waals surface area contributed by atoms with Crippen molar-refractivity contribution in [3.63, 3.8) is 0 Å². The molecular weight excluding hydrogens is 298 g/mol. The first-order chi connectivity index (χ1) is 10.4. The highest BCUT2D eigenvalue weighted by molar-refractivity contribution is 7.08. The highest BCUT2D eigenvalue weighted by Gasteiger charge is 2.25. The van der Waals surface area contributed by atoms with Crippen molar-refractivity contribution < 1.29 is 14.7 Å². The smallest absolute Gasteiger partial charge is 0.330 e. The molecule has 0 bridgehead atoms. The Morgan fingerprint density at radius 1 is 1.14 bits per heavy atom. The number of rotatable bonds is 5. The van der Waals surface area contributed by atoms with E-state index in [0.717, 1.165) is 16.7 Å². The molecule has 2 N–H and O–H groups in total. The van der Waals surface area contributed by atoms with Crippen molar-refractivity contribution in [2.45, 2.75) is 32.7 Å². The van der Waals surface area contributed by atoms with Gasteiger partial charge in [0.25, 0.3) is 0 Å². The topological polar surface area (TPSA) is 66.4 Å². The molecule has 0 saturated carbocycles. The van der Waals surface area contributed by atoms with Crippen molar-refractivity contribution in [3.8, 4) is 0 Å². The number of carboxylic acids is 1. The van der Waals surface area contributed by atoms with Crippen molar-refractivity contribution >= 4 is 23.2 Å². The van der Waals surface area contributed by atoms with Gasteiger partial charge in [0.2, 0.25) is 5.91 Å². The van der Waals surface area contributed by atoms with Crippen molar-refractivity contribution in [3.05, 3.63) is 57.3 Å². The average molecular weight is 317 g/mol. The predicted molar refractivity (Wildman–Crippen MR) is 87.2 cm³/mol. The van der Waals surface area contributed by atoms with E-state index < -0.39 is 12.0 Å². The average Bonchev–Trinajstić information content (AvgIpc) is 2.96. The van der Waals surface area contributed by atoms with E-state index in [9.17, 15) is 14.7 Å². The highest BCUT2D eigenvalue weighted by atomic mass is 32.1. The number of carbonyl (C=O) groups is 2. The number of aryl methyl sites for hydroxylation is 2. The molecule has 0 fully saturated rings. The van der Waals surface area contributed by atoms with E-state index in [1.807, 2.05) is 36.7 Å². The molecular formula is C17H19NO3S. The van der Waals surface area contributed by atoms with E-state index in [1.54, 1.807) is 19.1 Å². The molecule has 2 atom stereocenters. The summed E-state index contributed by atoms with van der Waals surface area (Å²) in [6.07, 6.45) is 0. The molecule has 2 unspecified atom stereocenters. The number of hydrogen-bond donors (Lipinski definition) is 2. The Bertz CT molecular complexity index is 659. The number of aliphatic carboxylic acids is 1. The van der Waals surface area contributed by atoms with Gasteiger partial charge in [-0.25, -0.2) is 4.79 Å². The fourth-order valence-electron chi connectivity index (χ4n) is 2.40. The molecule has 0 aliphatic carbocycles. The fraction of sp³-hybridized carbons (Fsp3) is 0.294. The van der Waals surface area contributed by atoms with Gasteiger partial charge in [-0.2, -0.15) is 11.3 Å². The van der Waals surface area contributed by atoms with Gasteiger partial charge in [-0.15, -0.1) is 0 Å². The third-order valence-corrected chi connectivity index (χ3v) is 4.25. The molecule has 1 aromatic heterocycles. The molecule has 1 aromatic carbocycles. The minimum atomic E-state index is -1.06. The maximum absolute atomic E-state index is 12.3. The minimum absolute atomic E-state index is 0.287. The van der Waals surface area contributed by atoms with E-state index in [2.05, 4.69) is 5.32 Å². The van der Waals surface area contributed by atoms with Gasteiger partial charge in [-0.3, -0.25) is 4.79 Å². The molecule has 2 aromatic rings. The van der Waals surface area contributed by atoms with Crippen LogP contribution in [0.1, 0.15) is 41.1 Å². The van der Waals surface area contributed by atoms with Gasteiger partial charge >= 0.3 is 5.97 Å². The third kappa shape index (κ3) is 3.74. The fourth-order valence-corrected chi connectivity index (χ4v) is 3.16. The quantitative estimate of drug-likeness (QED) is 0.888.